The van der Waals surface area contributed by atoms with Crippen molar-refractivity contribution < 1.29 is 26.9 Å². The maximum Gasteiger partial charge on any atom is 0.301 e. The van der Waals surface area contributed by atoms with Crippen molar-refractivity contribution in [1.82, 2.24) is 4.31 Å². The molecule has 0 aromatic heterocycles. The monoisotopic (exact) mass is 489 g/mol. The maximum atomic E-state index is 13.5. The van der Waals surface area contributed by atoms with Gasteiger partial charge in [-0.05, 0) is 47.5 Å². The molecule has 1 N–H and O–H groups in total. The van der Waals surface area contributed by atoms with Crippen molar-refractivity contribution in [3.63, 3.8) is 0 Å². The Balaban J connectivity index is 1.58. The lowest BCUT2D eigenvalue weighted by molar-refractivity contribution is -0.384. The molecule has 3 aromatic rings. The molecule has 1 unspecified atom stereocenters. The molecule has 3 aromatic carbocycles. The van der Waals surface area contributed by atoms with Crippen LogP contribution in [0.1, 0.15) is 17.0 Å². The van der Waals surface area contributed by atoms with Crippen LogP contribution in [0.4, 0.5) is 20.2 Å². The van der Waals surface area contributed by atoms with Crippen LogP contribution >= 0.6 is 0 Å². The summed E-state index contributed by atoms with van der Waals surface area (Å²) in [7, 11) is -4.00. The molecule has 1 aliphatic heterocycles. The predicted octanol–water partition coefficient (Wildman–Crippen LogP) is 4.06. The van der Waals surface area contributed by atoms with Crippen LogP contribution in [0.3, 0.4) is 0 Å². The second-order valence-electron chi connectivity index (χ2n) is 7.76. The van der Waals surface area contributed by atoms with Crippen LogP contribution in [0, 0.1) is 21.7 Å². The number of benzene rings is 3. The topological polar surface area (TPSA) is 102 Å². The van der Waals surface area contributed by atoms with Gasteiger partial charge in [-0.3, -0.25) is 14.8 Å². The fourth-order valence-electron chi connectivity index (χ4n) is 3.90. The van der Waals surface area contributed by atoms with Crippen molar-refractivity contribution >= 4 is 21.6 Å². The Morgan fingerprint density at radius 3 is 1.97 bits per heavy atom. The van der Waals surface area contributed by atoms with Crippen molar-refractivity contribution in [2.75, 3.05) is 24.4 Å². The van der Waals surface area contributed by atoms with Gasteiger partial charge in [-0.1, -0.05) is 24.3 Å². The number of morpholine rings is 1. The molecule has 0 bridgehead atoms. The zero-order valence-corrected chi connectivity index (χ0v) is 18.6. The number of rotatable bonds is 7. The predicted molar refractivity (Wildman–Crippen MR) is 122 cm³/mol. The Morgan fingerprint density at radius 2 is 1.47 bits per heavy atom. The Hall–Kier alpha value is -3.41. The number of halogens is 2. The number of nitrogens with zero attached hydrogens (tertiary/aromatic N) is 2. The zero-order chi connectivity index (χ0) is 24.3. The second kappa shape index (κ2) is 9.84. The molecule has 0 aliphatic carbocycles. The van der Waals surface area contributed by atoms with E-state index in [1.54, 1.807) is 24.3 Å². The summed E-state index contributed by atoms with van der Waals surface area (Å²) in [6, 6.07) is 16.6. The molecule has 1 atom stereocenters. The lowest BCUT2D eigenvalue weighted by atomic mass is 9.86. The van der Waals surface area contributed by atoms with Gasteiger partial charge in [0.1, 0.15) is 11.6 Å². The molecule has 8 nitrogen and oxygen atoms in total. The molecule has 178 valence electrons. The first-order chi connectivity index (χ1) is 16.2. The third-order valence-corrected chi connectivity index (χ3v) is 7.06. The summed E-state index contributed by atoms with van der Waals surface area (Å²) in [4.78, 5) is 10.2. The number of non-ortho nitro benzene ring substituents is 1. The van der Waals surface area contributed by atoms with Gasteiger partial charge in [-0.15, -0.1) is 0 Å². The van der Waals surface area contributed by atoms with Gasteiger partial charge in [0.05, 0.1) is 23.3 Å². The first kappa shape index (κ1) is 23.7. The van der Waals surface area contributed by atoms with E-state index < -0.39 is 38.8 Å². The average molecular weight is 490 g/mol. The first-order valence-corrected chi connectivity index (χ1v) is 11.8. The molecular formula is C23H21F2N3O5S. The number of nitro groups is 1. The average Bonchev–Trinajstić information content (AvgIpc) is 2.82. The highest BCUT2D eigenvalue weighted by atomic mass is 32.2. The van der Waals surface area contributed by atoms with E-state index in [-0.39, 0.29) is 31.1 Å². The Kier molecular flexibility index (Phi) is 6.87. The smallest absolute Gasteiger partial charge is 0.301 e. The third-order valence-electron chi connectivity index (χ3n) is 5.55. The van der Waals surface area contributed by atoms with E-state index in [1.165, 1.54) is 52.8 Å². The number of nitro benzene ring substituents is 1. The van der Waals surface area contributed by atoms with E-state index in [0.29, 0.717) is 11.1 Å². The molecule has 11 heteroatoms. The molecule has 1 fully saturated rings. The lowest BCUT2D eigenvalue weighted by Gasteiger charge is -2.36. The fraction of sp³-hybridized carbons (Fsp3) is 0.217. The number of ether oxygens (including phenoxy) is 1. The maximum absolute atomic E-state index is 13.5. The fourth-order valence-corrected chi connectivity index (χ4v) is 5.12. The summed E-state index contributed by atoms with van der Waals surface area (Å²) in [5.74, 6) is -1.30. The zero-order valence-electron chi connectivity index (χ0n) is 17.8. The Bertz CT molecular complexity index is 1210. The molecule has 34 heavy (non-hydrogen) atoms. The number of nitrogens with one attached hydrogen (secondary N) is 1. The molecule has 0 saturated carbocycles. The summed E-state index contributed by atoms with van der Waals surface area (Å²) in [5, 5.41) is 10.8. The van der Waals surface area contributed by atoms with Crippen LogP contribution in [0.5, 0.6) is 0 Å². The van der Waals surface area contributed by atoms with E-state index in [0.717, 1.165) is 0 Å². The van der Waals surface area contributed by atoms with Crippen LogP contribution in [0.15, 0.2) is 72.8 Å². The standard InChI is InChI=1S/C23H21F2N3O5S/c24-18-5-1-16(2-6-18)23(17-3-7-19(25)8-4-17)22-15-27(13-14-33-22)34(31,32)26-20-9-11-21(12-10-20)28(29)30/h1-12,22-23,26H,13-15H2. The first-order valence-electron chi connectivity index (χ1n) is 10.4. The Morgan fingerprint density at radius 1 is 0.941 bits per heavy atom. The van der Waals surface area contributed by atoms with Gasteiger partial charge in [0.2, 0.25) is 0 Å². The summed E-state index contributed by atoms with van der Waals surface area (Å²) in [6.07, 6.45) is -0.627. The van der Waals surface area contributed by atoms with Crippen LogP contribution < -0.4 is 4.72 Å². The minimum absolute atomic E-state index is 0.0122. The van der Waals surface area contributed by atoms with Crippen LogP contribution in [0.25, 0.3) is 0 Å². The summed E-state index contributed by atoms with van der Waals surface area (Å²) in [6.45, 7) is 0.199. The molecule has 4 rings (SSSR count). The van der Waals surface area contributed by atoms with Gasteiger partial charge in [0.15, 0.2) is 0 Å². The van der Waals surface area contributed by atoms with Crippen molar-refractivity contribution in [1.29, 1.82) is 0 Å². The van der Waals surface area contributed by atoms with Gasteiger partial charge in [0.25, 0.3) is 5.69 Å². The number of anilines is 1. The van der Waals surface area contributed by atoms with E-state index in [1.807, 2.05) is 0 Å². The summed E-state index contributed by atoms with van der Waals surface area (Å²) in [5.41, 5.74) is 1.42. The van der Waals surface area contributed by atoms with Crippen LogP contribution in [-0.2, 0) is 14.9 Å². The largest absolute Gasteiger partial charge is 0.374 e. The summed E-state index contributed by atoms with van der Waals surface area (Å²) < 4.78 is 62.7. The molecule has 0 radical (unpaired) electrons. The van der Waals surface area contributed by atoms with E-state index in [4.69, 9.17) is 4.74 Å². The van der Waals surface area contributed by atoms with Crippen LogP contribution in [0.2, 0.25) is 0 Å². The van der Waals surface area contributed by atoms with E-state index in [2.05, 4.69) is 4.72 Å². The van der Waals surface area contributed by atoms with Gasteiger partial charge in [-0.25, -0.2) is 8.78 Å². The van der Waals surface area contributed by atoms with Crippen molar-refractivity contribution in [3.05, 3.63) is 106 Å². The van der Waals surface area contributed by atoms with Crippen molar-refractivity contribution in [2.24, 2.45) is 0 Å². The highest BCUT2D eigenvalue weighted by Gasteiger charge is 2.35. The van der Waals surface area contributed by atoms with E-state index >= 15 is 0 Å². The lowest BCUT2D eigenvalue weighted by Crippen LogP contribution is -2.49. The molecular weight excluding hydrogens is 468 g/mol. The van der Waals surface area contributed by atoms with E-state index in [9.17, 15) is 27.3 Å². The molecule has 1 heterocycles. The normalized spacial score (nSPS) is 17.0. The SMILES string of the molecule is O=[N+]([O-])c1ccc(NS(=O)(=O)N2CCOC(C(c3ccc(F)cc3)c3ccc(F)cc3)C2)cc1. The number of hydrogen-bond donors (Lipinski definition) is 1. The highest BCUT2D eigenvalue weighted by Crippen LogP contribution is 2.33. The minimum atomic E-state index is -4.00. The quantitative estimate of drug-likeness (QED) is 0.398. The highest BCUT2D eigenvalue weighted by molar-refractivity contribution is 7.90. The molecule has 1 aliphatic rings. The van der Waals surface area contributed by atoms with Gasteiger partial charge >= 0.3 is 10.2 Å². The second-order valence-corrected chi connectivity index (χ2v) is 9.43. The van der Waals surface area contributed by atoms with Gasteiger partial charge in [0, 0.05) is 31.1 Å². The van der Waals surface area contributed by atoms with Gasteiger partial charge < -0.3 is 4.74 Å². The van der Waals surface area contributed by atoms with Gasteiger partial charge in [-0.2, -0.15) is 12.7 Å². The third kappa shape index (κ3) is 5.38. The van der Waals surface area contributed by atoms with Crippen molar-refractivity contribution in [2.45, 2.75) is 12.0 Å². The molecule has 0 spiro atoms. The minimum Gasteiger partial charge on any atom is -0.374 e. The Labute approximate surface area is 195 Å². The summed E-state index contributed by atoms with van der Waals surface area (Å²) >= 11 is 0. The van der Waals surface area contributed by atoms with Crippen molar-refractivity contribution in [3.8, 4) is 0 Å². The van der Waals surface area contributed by atoms with Crippen LogP contribution in [-0.4, -0.2) is 43.4 Å². The molecule has 1 saturated heterocycles. The molecule has 0 amide bonds. The number of hydrogen-bond acceptors (Lipinski definition) is 5.